The molecule has 1 N–H and O–H groups in total. The van der Waals surface area contributed by atoms with Crippen molar-refractivity contribution in [3.8, 4) is 28.4 Å². The minimum Gasteiger partial charge on any atom is -0.478 e. The van der Waals surface area contributed by atoms with Crippen molar-refractivity contribution in [2.24, 2.45) is 0 Å². The molecule has 6 nitrogen and oxygen atoms in total. The van der Waals surface area contributed by atoms with E-state index >= 15 is 0 Å². The highest BCUT2D eigenvalue weighted by Crippen LogP contribution is 2.39. The third-order valence-electron chi connectivity index (χ3n) is 6.60. The van der Waals surface area contributed by atoms with Gasteiger partial charge in [0.05, 0.1) is 29.4 Å². The second kappa shape index (κ2) is 10.7. The summed E-state index contributed by atoms with van der Waals surface area (Å²) in [5, 5.41) is 11.6. The van der Waals surface area contributed by atoms with E-state index < -0.39 is 11.9 Å². The Morgan fingerprint density at radius 2 is 1.49 bits per heavy atom. The second-order valence-corrected chi connectivity index (χ2v) is 9.85. The molecule has 0 aliphatic carbocycles. The number of ether oxygens (including phenoxy) is 2. The fourth-order valence-corrected chi connectivity index (χ4v) is 4.75. The van der Waals surface area contributed by atoms with Gasteiger partial charge in [0.2, 0.25) is 0 Å². The van der Waals surface area contributed by atoms with Crippen molar-refractivity contribution in [1.82, 2.24) is 4.57 Å². The van der Waals surface area contributed by atoms with Gasteiger partial charge in [-0.15, -0.1) is 0 Å². The molecule has 0 amide bonds. The number of nitrogens with zero attached hydrogens (tertiary/aromatic N) is 1. The first-order valence-electron chi connectivity index (χ1n) is 12.4. The van der Waals surface area contributed by atoms with Gasteiger partial charge in [-0.3, -0.25) is 0 Å². The molecule has 0 atom stereocenters. The number of aromatic carboxylic acids is 1. The van der Waals surface area contributed by atoms with E-state index in [0.29, 0.717) is 50.2 Å². The minimum atomic E-state index is -1.08. The van der Waals surface area contributed by atoms with Gasteiger partial charge >= 0.3 is 11.9 Å². The predicted octanol–water partition coefficient (Wildman–Crippen LogP) is 8.35. The van der Waals surface area contributed by atoms with E-state index in [9.17, 15) is 14.7 Å². The highest BCUT2D eigenvalue weighted by atomic mass is 35.5. The number of hydrogen-bond donors (Lipinski definition) is 1. The van der Waals surface area contributed by atoms with E-state index in [1.54, 1.807) is 54.6 Å². The Hall–Kier alpha value is -4.55. The maximum Gasteiger partial charge on any atom is 0.338 e. The number of benzene rings is 4. The van der Waals surface area contributed by atoms with Crippen LogP contribution in [0.15, 0.2) is 91.0 Å². The molecule has 0 aliphatic rings. The first-order valence-corrected chi connectivity index (χ1v) is 12.8. The van der Waals surface area contributed by atoms with E-state index in [0.717, 1.165) is 5.69 Å². The number of methoxy groups -OCH3 is 1. The molecule has 0 fully saturated rings. The van der Waals surface area contributed by atoms with Gasteiger partial charge in [0.1, 0.15) is 11.5 Å². The maximum absolute atomic E-state index is 12.8. The zero-order valence-corrected chi connectivity index (χ0v) is 22.4. The van der Waals surface area contributed by atoms with Gasteiger partial charge in [0.25, 0.3) is 0 Å². The molecule has 1 heterocycles. The summed E-state index contributed by atoms with van der Waals surface area (Å²) in [4.78, 5) is 24.8. The number of carboxylic acids is 1. The van der Waals surface area contributed by atoms with E-state index in [2.05, 4.69) is 26.0 Å². The third-order valence-corrected chi connectivity index (χ3v) is 6.85. The lowest BCUT2D eigenvalue weighted by Gasteiger charge is -2.14. The standard InChI is InChI=1S/C32H26ClNO5/c1-19(2)20-8-12-24(13-9-20)34-28-17-16-26(39-25-14-10-23(33)11-15-25)18-27(28)29(31(35)36)30(34)21-4-6-22(7-5-21)32(37)38-3/h4-19H,1-3H3,(H,35,36). The molecule has 1 aromatic heterocycles. The van der Waals surface area contributed by atoms with Gasteiger partial charge in [-0.25, -0.2) is 9.59 Å². The Morgan fingerprint density at radius 1 is 0.846 bits per heavy atom. The third kappa shape index (κ3) is 5.11. The van der Waals surface area contributed by atoms with Gasteiger partial charge in [0.15, 0.2) is 0 Å². The van der Waals surface area contributed by atoms with E-state index in [1.807, 2.05) is 28.8 Å². The maximum atomic E-state index is 12.8. The number of carboxylic acid groups (broad SMARTS) is 1. The summed E-state index contributed by atoms with van der Waals surface area (Å²) in [6, 6.07) is 27.2. The fourth-order valence-electron chi connectivity index (χ4n) is 4.62. The topological polar surface area (TPSA) is 77.8 Å². The Labute approximate surface area is 231 Å². The summed E-state index contributed by atoms with van der Waals surface area (Å²) in [7, 11) is 1.32. The van der Waals surface area contributed by atoms with Gasteiger partial charge in [-0.1, -0.05) is 49.7 Å². The number of esters is 1. The SMILES string of the molecule is COC(=O)c1ccc(-c2c(C(=O)O)c3cc(Oc4ccc(Cl)cc4)ccc3n2-c2ccc(C(C)C)cc2)cc1. The summed E-state index contributed by atoms with van der Waals surface area (Å²) in [6.45, 7) is 4.25. The van der Waals surface area contributed by atoms with Crippen molar-refractivity contribution < 1.29 is 24.2 Å². The van der Waals surface area contributed by atoms with E-state index in [1.165, 1.54) is 12.7 Å². The molecule has 196 valence electrons. The number of fused-ring (bicyclic) bond motifs is 1. The highest BCUT2D eigenvalue weighted by Gasteiger charge is 2.25. The average Bonchev–Trinajstić information content (AvgIpc) is 3.28. The van der Waals surface area contributed by atoms with Crippen LogP contribution < -0.4 is 4.74 Å². The lowest BCUT2D eigenvalue weighted by Crippen LogP contribution is -2.04. The second-order valence-electron chi connectivity index (χ2n) is 9.41. The summed E-state index contributed by atoms with van der Waals surface area (Å²) < 4.78 is 12.8. The summed E-state index contributed by atoms with van der Waals surface area (Å²) in [5.74, 6) is -0.111. The largest absolute Gasteiger partial charge is 0.478 e. The quantitative estimate of drug-likeness (QED) is 0.210. The van der Waals surface area contributed by atoms with Gasteiger partial charge in [-0.05, 0) is 83.8 Å². The number of carbonyl (C=O) groups is 2. The Balaban J connectivity index is 1.74. The Morgan fingerprint density at radius 3 is 2.08 bits per heavy atom. The van der Waals surface area contributed by atoms with Crippen molar-refractivity contribution in [3.63, 3.8) is 0 Å². The zero-order chi connectivity index (χ0) is 27.7. The predicted molar refractivity (Wildman–Crippen MR) is 153 cm³/mol. The number of rotatable bonds is 7. The molecule has 39 heavy (non-hydrogen) atoms. The Kier molecular flexibility index (Phi) is 7.13. The van der Waals surface area contributed by atoms with Crippen LogP contribution in [0.2, 0.25) is 5.02 Å². The summed E-state index contributed by atoms with van der Waals surface area (Å²) in [5.41, 5.74) is 4.34. The zero-order valence-electron chi connectivity index (χ0n) is 21.6. The molecule has 0 bridgehead atoms. The van der Waals surface area contributed by atoms with Crippen LogP contribution in [-0.2, 0) is 4.74 Å². The van der Waals surface area contributed by atoms with Crippen LogP contribution in [0.4, 0.5) is 0 Å². The molecule has 0 radical (unpaired) electrons. The van der Waals surface area contributed by atoms with Crippen LogP contribution in [0.5, 0.6) is 11.5 Å². The number of aromatic nitrogens is 1. The summed E-state index contributed by atoms with van der Waals surface area (Å²) in [6.07, 6.45) is 0. The van der Waals surface area contributed by atoms with Gasteiger partial charge < -0.3 is 19.1 Å². The first-order chi connectivity index (χ1) is 18.8. The van der Waals surface area contributed by atoms with Gasteiger partial charge in [-0.2, -0.15) is 0 Å². The smallest absolute Gasteiger partial charge is 0.338 e. The molecule has 0 saturated heterocycles. The minimum absolute atomic E-state index is 0.130. The molecule has 4 aromatic carbocycles. The van der Waals surface area contributed by atoms with Crippen LogP contribution in [-0.4, -0.2) is 28.7 Å². The van der Waals surface area contributed by atoms with Crippen molar-refractivity contribution in [2.75, 3.05) is 7.11 Å². The van der Waals surface area contributed by atoms with Crippen LogP contribution in [0.25, 0.3) is 27.8 Å². The molecule has 0 aliphatic heterocycles. The Bertz CT molecular complexity index is 1670. The monoisotopic (exact) mass is 539 g/mol. The number of hydrogen-bond acceptors (Lipinski definition) is 4. The van der Waals surface area contributed by atoms with Crippen molar-refractivity contribution in [3.05, 3.63) is 113 Å². The molecule has 0 spiro atoms. The van der Waals surface area contributed by atoms with E-state index in [4.69, 9.17) is 21.1 Å². The first kappa shape index (κ1) is 26.1. The summed E-state index contributed by atoms with van der Waals surface area (Å²) >= 11 is 6.00. The molecule has 0 saturated carbocycles. The van der Waals surface area contributed by atoms with Crippen LogP contribution in [0, 0.1) is 0 Å². The molecular formula is C32H26ClNO5. The van der Waals surface area contributed by atoms with Crippen molar-refractivity contribution >= 4 is 34.4 Å². The average molecular weight is 540 g/mol. The number of halogens is 1. The normalized spacial score (nSPS) is 11.1. The highest BCUT2D eigenvalue weighted by molar-refractivity contribution is 6.30. The van der Waals surface area contributed by atoms with E-state index in [-0.39, 0.29) is 5.56 Å². The lowest BCUT2D eigenvalue weighted by molar-refractivity contribution is 0.0599. The van der Waals surface area contributed by atoms with Crippen LogP contribution in [0.3, 0.4) is 0 Å². The fraction of sp³-hybridized carbons (Fsp3) is 0.125. The molecule has 5 aromatic rings. The lowest BCUT2D eigenvalue weighted by atomic mass is 10.0. The van der Waals surface area contributed by atoms with Crippen LogP contribution >= 0.6 is 11.6 Å². The molecule has 5 rings (SSSR count). The molecule has 0 unspecified atom stereocenters. The van der Waals surface area contributed by atoms with Crippen molar-refractivity contribution in [1.29, 1.82) is 0 Å². The van der Waals surface area contributed by atoms with Crippen molar-refractivity contribution in [2.45, 2.75) is 19.8 Å². The van der Waals surface area contributed by atoms with Crippen LogP contribution in [0.1, 0.15) is 46.0 Å². The molecular weight excluding hydrogens is 514 g/mol. The van der Waals surface area contributed by atoms with Gasteiger partial charge in [0, 0.05) is 16.1 Å². The number of carbonyl (C=O) groups excluding carboxylic acids is 1. The molecule has 7 heteroatoms.